The monoisotopic (exact) mass is 345 g/mol. The van der Waals surface area contributed by atoms with E-state index in [9.17, 15) is 0 Å². The van der Waals surface area contributed by atoms with Crippen molar-refractivity contribution in [2.24, 2.45) is 0 Å². The molecule has 0 atom stereocenters. The summed E-state index contributed by atoms with van der Waals surface area (Å²) in [4.78, 5) is 7.95. The molecule has 4 rings (SSSR count). The van der Waals surface area contributed by atoms with Crippen LogP contribution in [0.15, 0.2) is 66.9 Å². The van der Waals surface area contributed by atoms with Crippen molar-refractivity contribution in [2.75, 3.05) is 19.5 Å². The zero-order chi connectivity index (χ0) is 17.9. The predicted molar refractivity (Wildman–Crippen MR) is 104 cm³/mol. The van der Waals surface area contributed by atoms with E-state index in [-0.39, 0.29) is 0 Å². The Bertz CT molecular complexity index is 1040. The Balaban J connectivity index is 1.70. The molecule has 2 N–H and O–H groups in total. The van der Waals surface area contributed by atoms with Crippen LogP contribution in [0.3, 0.4) is 0 Å². The van der Waals surface area contributed by atoms with E-state index in [0.29, 0.717) is 0 Å². The van der Waals surface area contributed by atoms with E-state index in [0.717, 1.165) is 45.2 Å². The maximum atomic E-state index is 5.32. The molecule has 0 unspecified atom stereocenters. The zero-order valence-corrected chi connectivity index (χ0v) is 14.6. The van der Waals surface area contributed by atoms with Gasteiger partial charge in [0.05, 0.1) is 19.7 Å². The molecule has 130 valence electrons. The summed E-state index contributed by atoms with van der Waals surface area (Å²) < 4.78 is 10.5. The molecule has 2 aromatic carbocycles. The second kappa shape index (κ2) is 6.80. The Morgan fingerprint density at radius 3 is 2.46 bits per heavy atom. The molecule has 0 bridgehead atoms. The molecular weight excluding hydrogens is 326 g/mol. The van der Waals surface area contributed by atoms with Crippen LogP contribution in [0.2, 0.25) is 0 Å². The summed E-state index contributed by atoms with van der Waals surface area (Å²) in [5, 5.41) is 4.40. The van der Waals surface area contributed by atoms with Crippen molar-refractivity contribution in [1.29, 1.82) is 0 Å². The van der Waals surface area contributed by atoms with Gasteiger partial charge in [0.2, 0.25) is 0 Å². The second-order valence-corrected chi connectivity index (χ2v) is 5.89. The van der Waals surface area contributed by atoms with Gasteiger partial charge in [-0.2, -0.15) is 0 Å². The first-order chi connectivity index (χ1) is 12.8. The molecule has 0 fully saturated rings. The van der Waals surface area contributed by atoms with Crippen molar-refractivity contribution in [3.63, 3.8) is 0 Å². The fourth-order valence-electron chi connectivity index (χ4n) is 2.91. The lowest BCUT2D eigenvalue weighted by atomic mass is 10.1. The number of hydrogen-bond acceptors (Lipinski definition) is 4. The highest BCUT2D eigenvalue weighted by Crippen LogP contribution is 2.31. The summed E-state index contributed by atoms with van der Waals surface area (Å²) in [5.74, 6) is 2.46. The first-order valence-electron chi connectivity index (χ1n) is 8.30. The summed E-state index contributed by atoms with van der Waals surface area (Å²) in [6.07, 6.45) is 1.79. The first-order valence-corrected chi connectivity index (χ1v) is 8.30. The third-order valence-electron chi connectivity index (χ3n) is 4.28. The molecule has 0 amide bonds. The van der Waals surface area contributed by atoms with Crippen LogP contribution in [0.4, 0.5) is 11.5 Å². The van der Waals surface area contributed by atoms with Crippen molar-refractivity contribution in [3.8, 4) is 22.8 Å². The lowest BCUT2D eigenvalue weighted by Crippen LogP contribution is -1.93. The van der Waals surface area contributed by atoms with Gasteiger partial charge < -0.3 is 19.8 Å². The number of H-pyrrole nitrogens is 1. The third kappa shape index (κ3) is 3.07. The van der Waals surface area contributed by atoms with Gasteiger partial charge >= 0.3 is 0 Å². The molecule has 0 saturated carbocycles. The minimum Gasteiger partial charge on any atom is -0.497 e. The molecular formula is C21H19N3O2. The lowest BCUT2D eigenvalue weighted by Gasteiger charge is -2.07. The average Bonchev–Trinajstić information content (AvgIpc) is 3.14. The SMILES string of the molecule is COc1ccc(Nc2nccc3[nH]c(-c4cccc(OC)c4)cc23)cc1. The maximum Gasteiger partial charge on any atom is 0.139 e. The molecule has 0 aliphatic rings. The van der Waals surface area contributed by atoms with Crippen molar-refractivity contribution in [1.82, 2.24) is 9.97 Å². The van der Waals surface area contributed by atoms with Crippen molar-refractivity contribution < 1.29 is 9.47 Å². The Hall–Kier alpha value is -3.47. The molecule has 2 heterocycles. The first kappa shape index (κ1) is 16.0. The summed E-state index contributed by atoms with van der Waals surface area (Å²) in [7, 11) is 3.33. The molecule has 5 nitrogen and oxygen atoms in total. The van der Waals surface area contributed by atoms with Gasteiger partial charge in [-0.3, -0.25) is 0 Å². The van der Waals surface area contributed by atoms with Crippen LogP contribution in [0.25, 0.3) is 22.2 Å². The molecule has 0 saturated heterocycles. The number of ether oxygens (including phenoxy) is 2. The number of aromatic nitrogens is 2. The van der Waals surface area contributed by atoms with Gasteiger partial charge in [0.25, 0.3) is 0 Å². The molecule has 5 heteroatoms. The normalized spacial score (nSPS) is 10.7. The van der Waals surface area contributed by atoms with Gasteiger partial charge in [-0.05, 0) is 48.5 Å². The number of hydrogen-bond donors (Lipinski definition) is 2. The van der Waals surface area contributed by atoms with E-state index in [1.807, 2.05) is 48.5 Å². The molecule has 0 radical (unpaired) electrons. The van der Waals surface area contributed by atoms with Crippen LogP contribution in [-0.2, 0) is 0 Å². The number of anilines is 2. The fourth-order valence-corrected chi connectivity index (χ4v) is 2.91. The van der Waals surface area contributed by atoms with E-state index in [2.05, 4.69) is 27.4 Å². The Morgan fingerprint density at radius 1 is 0.885 bits per heavy atom. The van der Waals surface area contributed by atoms with E-state index in [1.165, 1.54) is 0 Å². The van der Waals surface area contributed by atoms with E-state index in [1.54, 1.807) is 20.4 Å². The number of pyridine rings is 1. The van der Waals surface area contributed by atoms with Crippen molar-refractivity contribution in [2.45, 2.75) is 0 Å². The van der Waals surface area contributed by atoms with Crippen LogP contribution in [0.5, 0.6) is 11.5 Å². The van der Waals surface area contributed by atoms with E-state index >= 15 is 0 Å². The minimum absolute atomic E-state index is 0.804. The molecule has 0 spiro atoms. The highest BCUT2D eigenvalue weighted by Gasteiger charge is 2.09. The third-order valence-corrected chi connectivity index (χ3v) is 4.28. The number of methoxy groups -OCH3 is 2. The van der Waals surface area contributed by atoms with Gasteiger partial charge in [0, 0.05) is 28.5 Å². The molecule has 2 aromatic heterocycles. The lowest BCUT2D eigenvalue weighted by molar-refractivity contribution is 0.415. The number of nitrogens with zero attached hydrogens (tertiary/aromatic N) is 1. The van der Waals surface area contributed by atoms with Gasteiger partial charge in [-0.25, -0.2) is 4.98 Å². The predicted octanol–water partition coefficient (Wildman–Crippen LogP) is 4.99. The topological polar surface area (TPSA) is 59.2 Å². The van der Waals surface area contributed by atoms with Crippen molar-refractivity contribution in [3.05, 3.63) is 66.9 Å². The van der Waals surface area contributed by atoms with Crippen molar-refractivity contribution >= 4 is 22.4 Å². The summed E-state index contributed by atoms with van der Waals surface area (Å²) >= 11 is 0. The quantitative estimate of drug-likeness (QED) is 0.535. The van der Waals surface area contributed by atoms with Crippen LogP contribution in [-0.4, -0.2) is 24.2 Å². The number of rotatable bonds is 5. The number of fused-ring (bicyclic) bond motifs is 1. The van der Waals surface area contributed by atoms with Crippen LogP contribution in [0.1, 0.15) is 0 Å². The maximum absolute atomic E-state index is 5.32. The summed E-state index contributed by atoms with van der Waals surface area (Å²) in [6, 6.07) is 19.8. The molecule has 26 heavy (non-hydrogen) atoms. The standard InChI is InChI=1S/C21H19N3O2/c1-25-16-8-6-15(7-9-16)23-21-18-13-20(24-19(18)10-11-22-21)14-4-3-5-17(12-14)26-2/h3-13,24H,1-2H3,(H,22,23). The Labute approximate surface area is 151 Å². The number of benzene rings is 2. The zero-order valence-electron chi connectivity index (χ0n) is 14.6. The Morgan fingerprint density at radius 2 is 1.69 bits per heavy atom. The molecule has 0 aliphatic heterocycles. The largest absolute Gasteiger partial charge is 0.497 e. The van der Waals surface area contributed by atoms with E-state index in [4.69, 9.17) is 9.47 Å². The number of nitrogens with one attached hydrogen (secondary N) is 2. The fraction of sp³-hybridized carbons (Fsp3) is 0.0952. The van der Waals surface area contributed by atoms with Gasteiger partial charge in [0.1, 0.15) is 17.3 Å². The summed E-state index contributed by atoms with van der Waals surface area (Å²) in [5.41, 5.74) is 4.06. The molecule has 4 aromatic rings. The van der Waals surface area contributed by atoms with Gasteiger partial charge in [0.15, 0.2) is 0 Å². The average molecular weight is 345 g/mol. The van der Waals surface area contributed by atoms with Crippen LogP contribution >= 0.6 is 0 Å². The van der Waals surface area contributed by atoms with Crippen LogP contribution < -0.4 is 14.8 Å². The van der Waals surface area contributed by atoms with E-state index < -0.39 is 0 Å². The molecule has 0 aliphatic carbocycles. The summed E-state index contributed by atoms with van der Waals surface area (Å²) in [6.45, 7) is 0. The highest BCUT2D eigenvalue weighted by molar-refractivity contribution is 5.95. The van der Waals surface area contributed by atoms with Crippen LogP contribution in [0, 0.1) is 0 Å². The van der Waals surface area contributed by atoms with Gasteiger partial charge in [-0.15, -0.1) is 0 Å². The minimum atomic E-state index is 0.804. The number of aromatic amines is 1. The second-order valence-electron chi connectivity index (χ2n) is 5.89. The Kier molecular flexibility index (Phi) is 4.19. The van der Waals surface area contributed by atoms with Gasteiger partial charge in [-0.1, -0.05) is 12.1 Å². The smallest absolute Gasteiger partial charge is 0.139 e. The highest BCUT2D eigenvalue weighted by atomic mass is 16.5.